The van der Waals surface area contributed by atoms with Gasteiger partial charge in [0, 0.05) is 22.8 Å². The van der Waals surface area contributed by atoms with E-state index in [2.05, 4.69) is 10.3 Å². The number of benzene rings is 1. The van der Waals surface area contributed by atoms with Gasteiger partial charge in [-0.2, -0.15) is 0 Å². The van der Waals surface area contributed by atoms with Crippen molar-refractivity contribution in [1.29, 1.82) is 0 Å². The van der Waals surface area contributed by atoms with Crippen LogP contribution in [0.2, 0.25) is 0 Å². The van der Waals surface area contributed by atoms with Crippen molar-refractivity contribution in [2.45, 2.75) is 26.0 Å². The van der Waals surface area contributed by atoms with Gasteiger partial charge in [0.05, 0.1) is 25.3 Å². The van der Waals surface area contributed by atoms with Crippen LogP contribution >= 0.6 is 11.3 Å². The topological polar surface area (TPSA) is 81.9 Å². The van der Waals surface area contributed by atoms with Crippen LogP contribution in [-0.4, -0.2) is 28.4 Å². The number of carbonyl (C=O) groups excluding carboxylic acids is 2. The van der Waals surface area contributed by atoms with E-state index in [0.29, 0.717) is 11.3 Å². The van der Waals surface area contributed by atoms with Crippen molar-refractivity contribution in [3.05, 3.63) is 88.0 Å². The molecular formula is C24H23N3O4S. The second kappa shape index (κ2) is 9.65. The van der Waals surface area contributed by atoms with Crippen LogP contribution in [-0.2, 0) is 16.1 Å². The van der Waals surface area contributed by atoms with E-state index in [-0.39, 0.29) is 24.9 Å². The molecule has 3 aromatic heterocycles. The number of carbonyl (C=O) groups is 2. The molecule has 164 valence electrons. The molecule has 1 aromatic carbocycles. The molecule has 3 heterocycles. The fraction of sp³-hybridized carbons (Fsp3) is 0.208. The van der Waals surface area contributed by atoms with Crippen LogP contribution < -0.4 is 10.1 Å². The van der Waals surface area contributed by atoms with Crippen molar-refractivity contribution in [3.8, 4) is 5.75 Å². The Morgan fingerprint density at radius 1 is 1.16 bits per heavy atom. The summed E-state index contributed by atoms with van der Waals surface area (Å²) < 4.78 is 12.6. The zero-order valence-electron chi connectivity index (χ0n) is 17.8. The van der Waals surface area contributed by atoms with Crippen LogP contribution in [0.4, 0.5) is 0 Å². The standard InChI is InChI=1S/C24H23N3O4S/c1-16-8-9-22-25-18(14-27(22)13-16)15-31-19-6-3-5-17(11-19)24(29)26-20(12-23(28)30-2)21-7-4-10-32-21/h3-11,13-14,20H,12,15H2,1-2H3,(H,26,29). The quantitative estimate of drug-likeness (QED) is 0.405. The van der Waals surface area contributed by atoms with E-state index in [1.807, 2.05) is 53.4 Å². The number of nitrogens with one attached hydrogen (secondary N) is 1. The first-order valence-corrected chi connectivity index (χ1v) is 11.0. The van der Waals surface area contributed by atoms with Gasteiger partial charge in [0.1, 0.15) is 18.0 Å². The summed E-state index contributed by atoms with van der Waals surface area (Å²) in [5.41, 5.74) is 3.24. The van der Waals surface area contributed by atoms with Gasteiger partial charge >= 0.3 is 5.97 Å². The first-order chi connectivity index (χ1) is 15.5. The molecule has 4 aromatic rings. The predicted octanol–water partition coefficient (Wildman–Crippen LogP) is 4.32. The highest BCUT2D eigenvalue weighted by molar-refractivity contribution is 7.10. The minimum Gasteiger partial charge on any atom is -0.487 e. The Kier molecular flexibility index (Phi) is 6.51. The molecule has 0 saturated carbocycles. The number of nitrogens with zero attached hydrogens (tertiary/aromatic N) is 2. The molecule has 1 unspecified atom stereocenters. The lowest BCUT2D eigenvalue weighted by Crippen LogP contribution is -2.30. The Labute approximate surface area is 189 Å². The van der Waals surface area contributed by atoms with Crippen LogP contribution in [0, 0.1) is 6.92 Å². The Hall–Kier alpha value is -3.65. The third-order valence-corrected chi connectivity index (χ3v) is 5.91. The van der Waals surface area contributed by atoms with Crippen LogP contribution in [0.25, 0.3) is 5.65 Å². The van der Waals surface area contributed by atoms with Crippen LogP contribution in [0.1, 0.15) is 39.0 Å². The first kappa shape index (κ1) is 21.6. The van der Waals surface area contributed by atoms with Gasteiger partial charge in [0.15, 0.2) is 0 Å². The molecule has 32 heavy (non-hydrogen) atoms. The van der Waals surface area contributed by atoms with Crippen molar-refractivity contribution in [2.24, 2.45) is 0 Å². The molecule has 0 saturated heterocycles. The van der Waals surface area contributed by atoms with Crippen molar-refractivity contribution in [2.75, 3.05) is 7.11 Å². The maximum absolute atomic E-state index is 12.9. The lowest BCUT2D eigenvalue weighted by Gasteiger charge is -2.17. The monoisotopic (exact) mass is 449 g/mol. The number of imidazole rings is 1. The minimum absolute atomic E-state index is 0.0618. The molecule has 1 atom stereocenters. The normalized spacial score (nSPS) is 11.8. The summed E-state index contributed by atoms with van der Waals surface area (Å²) in [5, 5.41) is 4.83. The fourth-order valence-electron chi connectivity index (χ4n) is 3.31. The third-order valence-electron chi connectivity index (χ3n) is 4.92. The van der Waals surface area contributed by atoms with Crippen LogP contribution in [0.15, 0.2) is 66.3 Å². The average molecular weight is 450 g/mol. The maximum atomic E-state index is 12.9. The fourth-order valence-corrected chi connectivity index (χ4v) is 4.09. The Bertz CT molecular complexity index is 1230. The summed E-state index contributed by atoms with van der Waals surface area (Å²) in [6.07, 6.45) is 4.00. The molecule has 0 radical (unpaired) electrons. The van der Waals surface area contributed by atoms with Crippen LogP contribution in [0.3, 0.4) is 0 Å². The van der Waals surface area contributed by atoms with Gasteiger partial charge in [-0.15, -0.1) is 11.3 Å². The zero-order valence-corrected chi connectivity index (χ0v) is 18.6. The highest BCUT2D eigenvalue weighted by Crippen LogP contribution is 2.24. The largest absolute Gasteiger partial charge is 0.487 e. The van der Waals surface area contributed by atoms with Crippen molar-refractivity contribution < 1.29 is 19.1 Å². The molecule has 0 bridgehead atoms. The van der Waals surface area contributed by atoms with Gasteiger partial charge in [-0.25, -0.2) is 4.98 Å². The van der Waals surface area contributed by atoms with E-state index in [4.69, 9.17) is 9.47 Å². The smallest absolute Gasteiger partial charge is 0.307 e. The molecule has 7 nitrogen and oxygen atoms in total. The van der Waals surface area contributed by atoms with E-state index >= 15 is 0 Å². The summed E-state index contributed by atoms with van der Waals surface area (Å²) in [6, 6.07) is 14.2. The average Bonchev–Trinajstić information content (AvgIpc) is 3.47. The van der Waals surface area contributed by atoms with Crippen molar-refractivity contribution in [3.63, 3.8) is 0 Å². The van der Waals surface area contributed by atoms with Gasteiger partial charge in [-0.1, -0.05) is 18.2 Å². The van der Waals surface area contributed by atoms with Gasteiger partial charge < -0.3 is 19.2 Å². The second-order valence-corrected chi connectivity index (χ2v) is 8.32. The van der Waals surface area contributed by atoms with Crippen LogP contribution in [0.5, 0.6) is 5.75 Å². The minimum atomic E-state index is -0.457. The molecule has 4 rings (SSSR count). The number of pyridine rings is 1. The number of aromatic nitrogens is 2. The first-order valence-electron chi connectivity index (χ1n) is 10.1. The number of rotatable bonds is 8. The number of aryl methyl sites for hydroxylation is 1. The van der Waals surface area contributed by atoms with Gasteiger partial charge in [0.2, 0.25) is 0 Å². The van der Waals surface area contributed by atoms with Gasteiger partial charge in [-0.3, -0.25) is 9.59 Å². The van der Waals surface area contributed by atoms with E-state index < -0.39 is 6.04 Å². The van der Waals surface area contributed by atoms with E-state index in [1.165, 1.54) is 18.4 Å². The molecule has 8 heteroatoms. The highest BCUT2D eigenvalue weighted by Gasteiger charge is 2.21. The lowest BCUT2D eigenvalue weighted by molar-refractivity contribution is -0.141. The summed E-state index contributed by atoms with van der Waals surface area (Å²) in [7, 11) is 1.33. The second-order valence-electron chi connectivity index (χ2n) is 7.34. The molecule has 0 aliphatic rings. The van der Waals surface area contributed by atoms with Gasteiger partial charge in [0.25, 0.3) is 5.91 Å². The number of methoxy groups -OCH3 is 1. The SMILES string of the molecule is COC(=O)CC(NC(=O)c1cccc(OCc2cn3cc(C)ccc3n2)c1)c1cccs1. The Morgan fingerprint density at radius 3 is 2.81 bits per heavy atom. The maximum Gasteiger partial charge on any atom is 0.307 e. The number of hydrogen-bond acceptors (Lipinski definition) is 6. The summed E-state index contributed by atoms with van der Waals surface area (Å²) in [6.45, 7) is 2.31. The number of esters is 1. The molecular weight excluding hydrogens is 426 g/mol. The molecule has 1 N–H and O–H groups in total. The molecule has 0 spiro atoms. The van der Waals surface area contributed by atoms with Crippen molar-refractivity contribution >= 4 is 28.9 Å². The molecule has 0 aliphatic carbocycles. The predicted molar refractivity (Wildman–Crippen MR) is 122 cm³/mol. The number of fused-ring (bicyclic) bond motifs is 1. The Morgan fingerprint density at radius 2 is 2.03 bits per heavy atom. The number of thiophene rings is 1. The zero-order chi connectivity index (χ0) is 22.5. The van der Waals surface area contributed by atoms with Gasteiger partial charge in [-0.05, 0) is 48.2 Å². The molecule has 1 amide bonds. The third kappa shape index (κ3) is 5.15. The summed E-state index contributed by atoms with van der Waals surface area (Å²) >= 11 is 1.48. The number of ether oxygens (including phenoxy) is 2. The molecule has 0 aliphatic heterocycles. The highest BCUT2D eigenvalue weighted by atomic mass is 32.1. The Balaban J connectivity index is 1.43. The van der Waals surface area contributed by atoms with E-state index in [9.17, 15) is 9.59 Å². The van der Waals surface area contributed by atoms with Crippen molar-refractivity contribution in [1.82, 2.24) is 14.7 Å². The summed E-state index contributed by atoms with van der Waals surface area (Å²) in [4.78, 5) is 30.1. The lowest BCUT2D eigenvalue weighted by atomic mass is 10.1. The number of hydrogen-bond donors (Lipinski definition) is 1. The summed E-state index contributed by atoms with van der Waals surface area (Å²) in [5.74, 6) is -0.115. The van der Waals surface area contributed by atoms with E-state index in [1.54, 1.807) is 24.3 Å². The van der Waals surface area contributed by atoms with E-state index in [0.717, 1.165) is 21.8 Å². The number of amides is 1. The molecule has 0 fully saturated rings.